The molecule has 27 heavy (non-hydrogen) atoms. The predicted octanol–water partition coefficient (Wildman–Crippen LogP) is 1.72. The molecule has 1 saturated carbocycles. The lowest BCUT2D eigenvalue weighted by Crippen LogP contribution is -2.23. The van der Waals surface area contributed by atoms with E-state index in [0.717, 1.165) is 12.1 Å². The zero-order valence-corrected chi connectivity index (χ0v) is 16.3. The Morgan fingerprint density at radius 2 is 2.07 bits per heavy atom. The lowest BCUT2D eigenvalue weighted by molar-refractivity contribution is -0.115. The van der Waals surface area contributed by atoms with Gasteiger partial charge in [-0.05, 0) is 44.3 Å². The summed E-state index contributed by atoms with van der Waals surface area (Å²) in [6, 6.07) is -0.0151. The molecule has 2 aliphatic rings. The number of nitrogens with two attached hydrogens (primary N) is 1. The Morgan fingerprint density at radius 1 is 1.37 bits per heavy atom. The Bertz CT molecular complexity index is 756. The van der Waals surface area contributed by atoms with Gasteiger partial charge in [-0.3, -0.25) is 15.1 Å². The van der Waals surface area contributed by atoms with Crippen LogP contribution in [0.4, 0.5) is 4.79 Å². The van der Waals surface area contributed by atoms with Crippen LogP contribution in [-0.4, -0.2) is 37.1 Å². The summed E-state index contributed by atoms with van der Waals surface area (Å²) in [6.45, 7) is 6.06. The Hall–Kier alpha value is -2.90. The van der Waals surface area contributed by atoms with Crippen LogP contribution in [0.3, 0.4) is 0 Å². The third-order valence-corrected chi connectivity index (χ3v) is 4.40. The van der Waals surface area contributed by atoms with Gasteiger partial charge in [-0.2, -0.15) is 0 Å². The molecule has 8 heteroatoms. The van der Waals surface area contributed by atoms with E-state index in [0.29, 0.717) is 29.1 Å². The number of nitrogens with one attached hydrogen (secondary N) is 3. The first kappa shape index (κ1) is 20.4. The zero-order chi connectivity index (χ0) is 20.0. The predicted molar refractivity (Wildman–Crippen MR) is 107 cm³/mol. The number of hydrogen-bond acceptors (Lipinski definition) is 5. The molecule has 0 bridgehead atoms. The van der Waals surface area contributed by atoms with Gasteiger partial charge in [0.2, 0.25) is 0 Å². The number of hydrogen-bond donors (Lipinski definition) is 4. The van der Waals surface area contributed by atoms with Crippen molar-refractivity contribution in [1.82, 2.24) is 16.0 Å². The van der Waals surface area contributed by atoms with E-state index < -0.39 is 11.9 Å². The number of nitrogens with zero attached hydrogens (tertiary/aromatic N) is 2. The summed E-state index contributed by atoms with van der Waals surface area (Å²) >= 11 is 0. The molecule has 3 amide bonds. The van der Waals surface area contributed by atoms with Crippen LogP contribution >= 0.6 is 0 Å². The Kier molecular flexibility index (Phi) is 6.92. The van der Waals surface area contributed by atoms with Crippen molar-refractivity contribution < 1.29 is 9.59 Å². The highest BCUT2D eigenvalue weighted by Crippen LogP contribution is 2.23. The maximum Gasteiger partial charge on any atom is 0.326 e. The van der Waals surface area contributed by atoms with Crippen molar-refractivity contribution in [3.63, 3.8) is 0 Å². The minimum absolute atomic E-state index is 0.147. The molecule has 1 aliphatic heterocycles. The van der Waals surface area contributed by atoms with Crippen LogP contribution in [0.2, 0.25) is 0 Å². The van der Waals surface area contributed by atoms with Gasteiger partial charge in [0.15, 0.2) is 0 Å². The van der Waals surface area contributed by atoms with Gasteiger partial charge in [-0.1, -0.05) is 13.8 Å². The summed E-state index contributed by atoms with van der Waals surface area (Å²) in [4.78, 5) is 31.4. The molecular weight excluding hydrogens is 344 g/mol. The first-order chi connectivity index (χ1) is 12.8. The van der Waals surface area contributed by atoms with Crippen molar-refractivity contribution in [1.29, 1.82) is 0 Å². The van der Waals surface area contributed by atoms with Crippen molar-refractivity contribution in [2.75, 3.05) is 7.05 Å². The van der Waals surface area contributed by atoms with Crippen LogP contribution < -0.4 is 21.7 Å². The highest BCUT2D eigenvalue weighted by atomic mass is 16.2. The minimum Gasteiger partial charge on any atom is -0.385 e. The van der Waals surface area contributed by atoms with E-state index in [1.807, 2.05) is 6.08 Å². The molecule has 1 saturated heterocycles. The van der Waals surface area contributed by atoms with Crippen LogP contribution in [-0.2, 0) is 4.79 Å². The maximum atomic E-state index is 11.7. The smallest absolute Gasteiger partial charge is 0.326 e. The SMILES string of the molecule is CC[C@@H](C)/C(=C\C(N)=N/C(C)=C(/C=N\C)\C=C1/NC(=O)NC1=O)NC1CC1. The molecule has 0 unspecified atom stereocenters. The minimum atomic E-state index is -0.549. The highest BCUT2D eigenvalue weighted by molar-refractivity contribution is 6.12. The topological polar surface area (TPSA) is 121 Å². The summed E-state index contributed by atoms with van der Waals surface area (Å²) in [6.07, 6.45) is 8.33. The quantitative estimate of drug-likeness (QED) is 0.224. The molecule has 2 fully saturated rings. The number of carbonyl (C=O) groups is 2. The van der Waals surface area contributed by atoms with Crippen LogP contribution in [0, 0.1) is 5.92 Å². The summed E-state index contributed by atoms with van der Waals surface area (Å²) in [5.74, 6) is 0.246. The van der Waals surface area contributed by atoms with Gasteiger partial charge in [0.1, 0.15) is 11.5 Å². The Morgan fingerprint density at radius 3 is 2.59 bits per heavy atom. The molecule has 1 aliphatic carbocycles. The number of aliphatic imine (C=N–C) groups is 2. The monoisotopic (exact) mass is 372 g/mol. The molecular formula is C19H28N6O2. The average Bonchev–Trinajstić information content (AvgIpc) is 3.37. The number of rotatable bonds is 8. The zero-order valence-electron chi connectivity index (χ0n) is 16.3. The fourth-order valence-corrected chi connectivity index (χ4v) is 2.47. The normalized spacial score (nSPS) is 22.0. The van der Waals surface area contributed by atoms with Crippen molar-refractivity contribution in [3.8, 4) is 0 Å². The van der Waals surface area contributed by atoms with Crippen molar-refractivity contribution >= 4 is 24.0 Å². The van der Waals surface area contributed by atoms with Crippen LogP contribution in [0.5, 0.6) is 0 Å². The third-order valence-electron chi connectivity index (χ3n) is 4.40. The first-order valence-corrected chi connectivity index (χ1v) is 9.13. The van der Waals surface area contributed by atoms with E-state index in [1.54, 1.807) is 20.2 Å². The van der Waals surface area contributed by atoms with Gasteiger partial charge in [0, 0.05) is 36.3 Å². The number of imide groups is 1. The number of amidine groups is 1. The average molecular weight is 372 g/mol. The molecule has 146 valence electrons. The van der Waals surface area contributed by atoms with Gasteiger partial charge in [-0.15, -0.1) is 0 Å². The van der Waals surface area contributed by atoms with Crippen molar-refractivity contribution in [2.45, 2.75) is 46.1 Å². The lowest BCUT2D eigenvalue weighted by atomic mass is 10.0. The van der Waals surface area contributed by atoms with Crippen LogP contribution in [0.15, 0.2) is 44.8 Å². The Balaban J connectivity index is 2.30. The maximum absolute atomic E-state index is 11.7. The van der Waals surface area contributed by atoms with E-state index in [-0.39, 0.29) is 5.70 Å². The largest absolute Gasteiger partial charge is 0.385 e. The lowest BCUT2D eigenvalue weighted by Gasteiger charge is -2.16. The van der Waals surface area contributed by atoms with E-state index in [9.17, 15) is 9.59 Å². The molecule has 0 aromatic rings. The second kappa shape index (κ2) is 9.16. The van der Waals surface area contributed by atoms with Gasteiger partial charge >= 0.3 is 6.03 Å². The molecule has 2 rings (SSSR count). The standard InChI is InChI=1S/C19H28N6O2/c1-5-11(2)15(23-14-6-7-14)9-17(20)22-12(3)13(10-21-4)8-16-18(26)25-19(27)24-16/h8-11,14,23H,5-7H2,1-4H3,(H2,20,22)(H2,24,25,26,27)/b13-12+,15-9+,16-8-,21-10-/t11-/m1/s1. The van der Waals surface area contributed by atoms with E-state index in [4.69, 9.17) is 5.73 Å². The molecule has 5 N–H and O–H groups in total. The van der Waals surface area contributed by atoms with Crippen molar-refractivity contribution in [3.05, 3.63) is 34.8 Å². The van der Waals surface area contributed by atoms with Gasteiger partial charge in [-0.25, -0.2) is 9.79 Å². The van der Waals surface area contributed by atoms with E-state index in [1.165, 1.54) is 18.9 Å². The second-order valence-corrected chi connectivity index (χ2v) is 6.76. The van der Waals surface area contributed by atoms with Crippen LogP contribution in [0.25, 0.3) is 0 Å². The summed E-state index contributed by atoms with van der Waals surface area (Å²) in [5, 5.41) is 8.12. The second-order valence-electron chi connectivity index (χ2n) is 6.76. The highest BCUT2D eigenvalue weighted by Gasteiger charge is 2.24. The Labute approximate surface area is 159 Å². The summed E-state index contributed by atoms with van der Waals surface area (Å²) in [5.41, 5.74) is 8.55. The molecule has 1 atom stereocenters. The van der Waals surface area contributed by atoms with E-state index in [2.05, 4.69) is 39.8 Å². The molecule has 8 nitrogen and oxygen atoms in total. The molecule has 0 aromatic carbocycles. The fourth-order valence-electron chi connectivity index (χ4n) is 2.47. The van der Waals surface area contributed by atoms with Gasteiger partial charge in [0.25, 0.3) is 5.91 Å². The third kappa shape index (κ3) is 6.09. The number of urea groups is 1. The number of allylic oxidation sites excluding steroid dienone is 4. The number of carbonyl (C=O) groups excluding carboxylic acids is 2. The van der Waals surface area contributed by atoms with Crippen molar-refractivity contribution in [2.24, 2.45) is 21.6 Å². The summed E-state index contributed by atoms with van der Waals surface area (Å²) in [7, 11) is 1.62. The molecule has 0 spiro atoms. The van der Waals surface area contributed by atoms with Crippen LogP contribution in [0.1, 0.15) is 40.0 Å². The number of amides is 3. The molecule has 1 heterocycles. The molecule has 0 radical (unpaired) electrons. The first-order valence-electron chi connectivity index (χ1n) is 9.13. The van der Waals surface area contributed by atoms with Gasteiger partial charge in [0.05, 0.1) is 0 Å². The summed E-state index contributed by atoms with van der Waals surface area (Å²) < 4.78 is 0. The van der Waals surface area contributed by atoms with Gasteiger partial charge < -0.3 is 16.4 Å². The molecule has 0 aromatic heterocycles. The fraction of sp³-hybridized carbons (Fsp3) is 0.474. The van der Waals surface area contributed by atoms with E-state index >= 15 is 0 Å².